The molecule has 3 nitrogen and oxygen atoms in total. The van der Waals surface area contributed by atoms with E-state index in [4.69, 9.17) is 0 Å². The molecule has 1 aromatic rings. The standard InChI is InChI=1S/C14H25N3S/c1-10-12(18-9-16-10)8-15-11-6-13(2,3)17-14(4,5)7-11/h9,11,15,17H,6-8H2,1-5H3. The van der Waals surface area contributed by atoms with Gasteiger partial charge in [0.2, 0.25) is 0 Å². The second-order valence-electron chi connectivity index (χ2n) is 6.74. The molecule has 0 radical (unpaired) electrons. The molecule has 0 saturated carbocycles. The average Bonchev–Trinajstić information content (AvgIpc) is 2.56. The van der Waals surface area contributed by atoms with Crippen LogP contribution in [0.5, 0.6) is 0 Å². The minimum Gasteiger partial charge on any atom is -0.309 e. The zero-order valence-electron chi connectivity index (χ0n) is 12.1. The lowest BCUT2D eigenvalue weighted by Crippen LogP contribution is -2.61. The van der Waals surface area contributed by atoms with Crippen molar-refractivity contribution in [3.8, 4) is 0 Å². The molecule has 0 amide bonds. The molecule has 18 heavy (non-hydrogen) atoms. The van der Waals surface area contributed by atoms with E-state index in [0.717, 1.165) is 6.54 Å². The highest BCUT2D eigenvalue weighted by molar-refractivity contribution is 7.09. The van der Waals surface area contributed by atoms with E-state index in [1.54, 1.807) is 11.3 Å². The number of rotatable bonds is 3. The number of hydrogen-bond acceptors (Lipinski definition) is 4. The van der Waals surface area contributed by atoms with Gasteiger partial charge in [0.1, 0.15) is 0 Å². The van der Waals surface area contributed by atoms with E-state index in [1.165, 1.54) is 23.4 Å². The van der Waals surface area contributed by atoms with Crippen molar-refractivity contribution in [2.24, 2.45) is 0 Å². The van der Waals surface area contributed by atoms with Crippen LogP contribution in [0, 0.1) is 6.92 Å². The van der Waals surface area contributed by atoms with Gasteiger partial charge < -0.3 is 10.6 Å². The van der Waals surface area contributed by atoms with Gasteiger partial charge in [-0.15, -0.1) is 11.3 Å². The Hall–Kier alpha value is -0.450. The largest absolute Gasteiger partial charge is 0.309 e. The Morgan fingerprint density at radius 1 is 1.33 bits per heavy atom. The van der Waals surface area contributed by atoms with E-state index in [2.05, 4.69) is 50.2 Å². The third kappa shape index (κ3) is 3.53. The molecule has 1 aliphatic rings. The van der Waals surface area contributed by atoms with Crippen LogP contribution in [0.3, 0.4) is 0 Å². The Kier molecular flexibility index (Phi) is 3.81. The summed E-state index contributed by atoms with van der Waals surface area (Å²) in [7, 11) is 0. The Bertz CT molecular complexity index is 393. The van der Waals surface area contributed by atoms with Gasteiger partial charge in [-0.1, -0.05) is 0 Å². The van der Waals surface area contributed by atoms with E-state index in [0.29, 0.717) is 6.04 Å². The summed E-state index contributed by atoms with van der Waals surface area (Å²) in [6.45, 7) is 12.2. The molecule has 2 heterocycles. The van der Waals surface area contributed by atoms with E-state index < -0.39 is 0 Å². The SMILES string of the molecule is Cc1ncsc1CNC1CC(C)(C)NC(C)(C)C1. The first-order valence-corrected chi connectivity index (χ1v) is 7.57. The van der Waals surface area contributed by atoms with Crippen molar-refractivity contribution in [1.82, 2.24) is 15.6 Å². The van der Waals surface area contributed by atoms with Crippen molar-refractivity contribution in [2.75, 3.05) is 0 Å². The topological polar surface area (TPSA) is 37.0 Å². The molecule has 1 fully saturated rings. The Morgan fingerprint density at radius 2 is 1.94 bits per heavy atom. The summed E-state index contributed by atoms with van der Waals surface area (Å²) in [5, 5.41) is 7.42. The summed E-state index contributed by atoms with van der Waals surface area (Å²) in [5.41, 5.74) is 3.52. The van der Waals surface area contributed by atoms with Crippen molar-refractivity contribution in [2.45, 2.75) is 71.1 Å². The normalized spacial score (nSPS) is 23.2. The molecule has 4 heteroatoms. The summed E-state index contributed by atoms with van der Waals surface area (Å²) in [5.74, 6) is 0. The zero-order valence-corrected chi connectivity index (χ0v) is 12.9. The number of hydrogen-bond donors (Lipinski definition) is 2. The van der Waals surface area contributed by atoms with Gasteiger partial charge in [0, 0.05) is 28.5 Å². The lowest BCUT2D eigenvalue weighted by atomic mass is 9.79. The number of thiazole rings is 1. The predicted octanol–water partition coefficient (Wildman–Crippen LogP) is 2.85. The Balaban J connectivity index is 1.95. The Labute approximate surface area is 114 Å². The van der Waals surface area contributed by atoms with Crippen LogP contribution in [-0.2, 0) is 6.54 Å². The second kappa shape index (κ2) is 4.91. The maximum Gasteiger partial charge on any atom is 0.0798 e. The van der Waals surface area contributed by atoms with Gasteiger partial charge in [-0.3, -0.25) is 0 Å². The summed E-state index contributed by atoms with van der Waals surface area (Å²) in [4.78, 5) is 5.67. The minimum absolute atomic E-state index is 0.210. The van der Waals surface area contributed by atoms with Crippen molar-refractivity contribution in [3.05, 3.63) is 16.1 Å². The van der Waals surface area contributed by atoms with Crippen molar-refractivity contribution in [1.29, 1.82) is 0 Å². The lowest BCUT2D eigenvalue weighted by Gasteiger charge is -2.46. The summed E-state index contributed by atoms with van der Waals surface area (Å²) in [6, 6.07) is 0.581. The zero-order chi connectivity index (χ0) is 13.4. The van der Waals surface area contributed by atoms with Crippen LogP contribution in [0.15, 0.2) is 5.51 Å². The first kappa shape index (κ1) is 14.0. The maximum absolute atomic E-state index is 4.30. The molecule has 0 aliphatic carbocycles. The molecular weight excluding hydrogens is 242 g/mol. The third-order valence-electron chi connectivity index (χ3n) is 3.59. The molecule has 1 aromatic heterocycles. The van der Waals surface area contributed by atoms with E-state index in [1.807, 2.05) is 5.51 Å². The van der Waals surface area contributed by atoms with Gasteiger partial charge in [0.15, 0.2) is 0 Å². The van der Waals surface area contributed by atoms with Gasteiger partial charge >= 0.3 is 0 Å². The van der Waals surface area contributed by atoms with Crippen LogP contribution in [-0.4, -0.2) is 22.1 Å². The number of nitrogens with one attached hydrogen (secondary N) is 2. The Morgan fingerprint density at radius 3 is 2.44 bits per heavy atom. The number of nitrogens with zero attached hydrogens (tertiary/aromatic N) is 1. The molecule has 0 bridgehead atoms. The number of piperidine rings is 1. The third-order valence-corrected chi connectivity index (χ3v) is 4.52. The van der Waals surface area contributed by atoms with Crippen LogP contribution >= 0.6 is 11.3 Å². The van der Waals surface area contributed by atoms with Gasteiger partial charge in [-0.2, -0.15) is 0 Å². The molecule has 1 aliphatic heterocycles. The number of aryl methyl sites for hydroxylation is 1. The molecule has 0 aromatic carbocycles. The highest BCUT2D eigenvalue weighted by Gasteiger charge is 2.37. The fraction of sp³-hybridized carbons (Fsp3) is 0.786. The van der Waals surface area contributed by atoms with Gasteiger partial charge in [-0.25, -0.2) is 4.98 Å². The van der Waals surface area contributed by atoms with Crippen LogP contribution in [0.25, 0.3) is 0 Å². The molecule has 0 atom stereocenters. The highest BCUT2D eigenvalue weighted by atomic mass is 32.1. The minimum atomic E-state index is 0.210. The van der Waals surface area contributed by atoms with Crippen molar-refractivity contribution < 1.29 is 0 Å². The van der Waals surface area contributed by atoms with Gasteiger partial charge in [-0.05, 0) is 47.5 Å². The maximum atomic E-state index is 4.30. The molecule has 0 unspecified atom stereocenters. The molecule has 2 N–H and O–H groups in total. The predicted molar refractivity (Wildman–Crippen MR) is 78.0 cm³/mol. The van der Waals surface area contributed by atoms with Crippen LogP contribution in [0.1, 0.15) is 51.1 Å². The van der Waals surface area contributed by atoms with Gasteiger partial charge in [0.05, 0.1) is 11.2 Å². The quantitative estimate of drug-likeness (QED) is 0.884. The smallest absolute Gasteiger partial charge is 0.0798 e. The average molecular weight is 267 g/mol. The number of aromatic nitrogens is 1. The first-order valence-electron chi connectivity index (χ1n) is 6.69. The van der Waals surface area contributed by atoms with Gasteiger partial charge in [0.25, 0.3) is 0 Å². The van der Waals surface area contributed by atoms with Crippen LogP contribution < -0.4 is 10.6 Å². The molecule has 2 rings (SSSR count). The fourth-order valence-electron chi connectivity index (χ4n) is 3.20. The first-order chi connectivity index (χ1) is 8.27. The molecular formula is C14H25N3S. The summed E-state index contributed by atoms with van der Waals surface area (Å²) in [6.07, 6.45) is 2.35. The second-order valence-corrected chi connectivity index (χ2v) is 7.68. The molecule has 102 valence electrons. The van der Waals surface area contributed by atoms with Crippen LogP contribution in [0.2, 0.25) is 0 Å². The fourth-order valence-corrected chi connectivity index (χ4v) is 3.93. The molecule has 0 spiro atoms. The van der Waals surface area contributed by atoms with E-state index in [-0.39, 0.29) is 11.1 Å². The lowest BCUT2D eigenvalue weighted by molar-refractivity contribution is 0.145. The van der Waals surface area contributed by atoms with E-state index >= 15 is 0 Å². The van der Waals surface area contributed by atoms with E-state index in [9.17, 15) is 0 Å². The van der Waals surface area contributed by atoms with Crippen LogP contribution in [0.4, 0.5) is 0 Å². The summed E-state index contributed by atoms with van der Waals surface area (Å²) < 4.78 is 0. The van der Waals surface area contributed by atoms with Crippen molar-refractivity contribution >= 4 is 11.3 Å². The summed E-state index contributed by atoms with van der Waals surface area (Å²) >= 11 is 1.75. The molecule has 1 saturated heterocycles. The highest BCUT2D eigenvalue weighted by Crippen LogP contribution is 2.28. The monoisotopic (exact) mass is 267 g/mol. The van der Waals surface area contributed by atoms with Crippen molar-refractivity contribution in [3.63, 3.8) is 0 Å².